The molecule has 0 bridgehead atoms. The predicted octanol–water partition coefficient (Wildman–Crippen LogP) is 4.58. The van der Waals surface area contributed by atoms with E-state index in [0.717, 1.165) is 13.1 Å². The van der Waals surface area contributed by atoms with E-state index in [1.165, 1.54) is 30.3 Å². The maximum absolute atomic E-state index is 14.0. The summed E-state index contributed by atoms with van der Waals surface area (Å²) in [7, 11) is 0. The van der Waals surface area contributed by atoms with Crippen molar-refractivity contribution >= 4 is 24.8 Å². The lowest BCUT2D eigenvalue weighted by molar-refractivity contribution is -0.274. The maximum Gasteiger partial charge on any atom is 0.573 e. The van der Waals surface area contributed by atoms with E-state index in [1.807, 2.05) is 0 Å². The molecule has 0 aliphatic carbocycles. The standard InChI is InChI=1S/C19H20F4N2O2.2ClH/c1-12-2-7-15(20)18(26)16(12)17(25-10-8-24-9-11-25)13-3-5-14(6-4-13)27-19(21,22)23;;/h2-7,17,24,26H,8-11H2,1H3;2*1H/t17-;;/m0../s1. The Balaban J connectivity index is 0.00000210. The summed E-state index contributed by atoms with van der Waals surface area (Å²) in [6, 6.07) is 7.77. The van der Waals surface area contributed by atoms with Gasteiger partial charge >= 0.3 is 6.36 Å². The Morgan fingerprint density at radius 3 is 2.17 bits per heavy atom. The van der Waals surface area contributed by atoms with Crippen LogP contribution in [0.5, 0.6) is 11.5 Å². The van der Waals surface area contributed by atoms with E-state index in [0.29, 0.717) is 29.8 Å². The second-order valence-corrected chi connectivity index (χ2v) is 6.43. The minimum Gasteiger partial charge on any atom is -0.505 e. The van der Waals surface area contributed by atoms with Gasteiger partial charge in [-0.2, -0.15) is 0 Å². The molecular formula is C19H22Cl2F4N2O2. The number of hydrogen-bond acceptors (Lipinski definition) is 4. The van der Waals surface area contributed by atoms with Crippen molar-refractivity contribution in [2.45, 2.75) is 19.3 Å². The van der Waals surface area contributed by atoms with Crippen molar-refractivity contribution in [1.82, 2.24) is 10.2 Å². The Morgan fingerprint density at radius 2 is 1.62 bits per heavy atom. The van der Waals surface area contributed by atoms with Crippen molar-refractivity contribution < 1.29 is 27.4 Å². The van der Waals surface area contributed by atoms with Gasteiger partial charge in [-0.05, 0) is 36.2 Å². The third-order valence-corrected chi connectivity index (χ3v) is 4.61. The second kappa shape index (κ2) is 10.3. The van der Waals surface area contributed by atoms with Gasteiger partial charge in [-0.3, -0.25) is 4.90 Å². The van der Waals surface area contributed by atoms with Gasteiger partial charge in [0.15, 0.2) is 11.6 Å². The molecule has 0 radical (unpaired) electrons. The zero-order chi connectivity index (χ0) is 19.6. The molecule has 0 amide bonds. The summed E-state index contributed by atoms with van der Waals surface area (Å²) in [5, 5.41) is 13.6. The summed E-state index contributed by atoms with van der Waals surface area (Å²) >= 11 is 0. The van der Waals surface area contributed by atoms with Crippen molar-refractivity contribution in [3.63, 3.8) is 0 Å². The van der Waals surface area contributed by atoms with Gasteiger partial charge in [-0.25, -0.2) is 4.39 Å². The smallest absolute Gasteiger partial charge is 0.505 e. The number of aromatic hydroxyl groups is 1. The van der Waals surface area contributed by atoms with Crippen LogP contribution in [0.4, 0.5) is 17.6 Å². The van der Waals surface area contributed by atoms with E-state index < -0.39 is 24.0 Å². The third kappa shape index (κ3) is 6.12. The number of piperazine rings is 1. The van der Waals surface area contributed by atoms with E-state index >= 15 is 0 Å². The van der Waals surface area contributed by atoms with Gasteiger partial charge in [-0.15, -0.1) is 38.0 Å². The Bertz CT molecular complexity index is 798. The number of hydrogen-bond donors (Lipinski definition) is 2. The lowest BCUT2D eigenvalue weighted by Gasteiger charge is -2.36. The van der Waals surface area contributed by atoms with Crippen LogP contribution in [-0.2, 0) is 0 Å². The molecule has 2 aromatic carbocycles. The molecule has 1 atom stereocenters. The van der Waals surface area contributed by atoms with Crippen LogP contribution in [0.1, 0.15) is 22.7 Å². The van der Waals surface area contributed by atoms with Crippen LogP contribution in [0.2, 0.25) is 0 Å². The van der Waals surface area contributed by atoms with Crippen LogP contribution in [0.15, 0.2) is 36.4 Å². The van der Waals surface area contributed by atoms with Crippen LogP contribution >= 0.6 is 24.8 Å². The van der Waals surface area contributed by atoms with Gasteiger partial charge in [0, 0.05) is 31.7 Å². The fraction of sp³-hybridized carbons (Fsp3) is 0.368. The first-order valence-electron chi connectivity index (χ1n) is 8.54. The molecule has 162 valence electrons. The molecule has 29 heavy (non-hydrogen) atoms. The Labute approximate surface area is 178 Å². The molecule has 0 unspecified atom stereocenters. The topological polar surface area (TPSA) is 44.7 Å². The SMILES string of the molecule is Cc1ccc(F)c(O)c1[C@H](c1ccc(OC(F)(F)F)cc1)N1CCNCC1.Cl.Cl. The first-order chi connectivity index (χ1) is 12.8. The highest BCUT2D eigenvalue weighted by molar-refractivity contribution is 5.85. The Hall–Kier alpha value is -1.74. The number of alkyl halides is 3. The van der Waals surface area contributed by atoms with E-state index in [4.69, 9.17) is 0 Å². The maximum atomic E-state index is 14.0. The number of phenolic OH excluding ortho intramolecular Hbond substituents is 1. The van der Waals surface area contributed by atoms with Crippen LogP contribution in [0.3, 0.4) is 0 Å². The minimum absolute atomic E-state index is 0. The first kappa shape index (κ1) is 25.3. The minimum atomic E-state index is -4.77. The summed E-state index contributed by atoms with van der Waals surface area (Å²) in [5.41, 5.74) is 1.77. The number of nitrogens with one attached hydrogen (secondary N) is 1. The monoisotopic (exact) mass is 456 g/mol. The number of aryl methyl sites for hydroxylation is 1. The molecule has 1 aliphatic rings. The summed E-state index contributed by atoms with van der Waals surface area (Å²) < 4.78 is 55.1. The number of ether oxygens (including phenoxy) is 1. The molecule has 1 saturated heterocycles. The molecule has 0 saturated carbocycles. The predicted molar refractivity (Wildman–Crippen MR) is 107 cm³/mol. The van der Waals surface area contributed by atoms with E-state index in [1.54, 1.807) is 13.0 Å². The number of phenols is 1. The van der Waals surface area contributed by atoms with Gasteiger partial charge in [0.2, 0.25) is 0 Å². The molecule has 10 heteroatoms. The highest BCUT2D eigenvalue weighted by Gasteiger charge is 2.32. The Kier molecular flexibility index (Phi) is 9.02. The van der Waals surface area contributed by atoms with Crippen molar-refractivity contribution in [1.29, 1.82) is 0 Å². The van der Waals surface area contributed by atoms with Gasteiger partial charge < -0.3 is 15.2 Å². The lowest BCUT2D eigenvalue weighted by atomic mass is 9.92. The zero-order valence-corrected chi connectivity index (χ0v) is 17.1. The Morgan fingerprint density at radius 1 is 1.03 bits per heavy atom. The summed E-state index contributed by atoms with van der Waals surface area (Å²) in [4.78, 5) is 2.07. The summed E-state index contributed by atoms with van der Waals surface area (Å²) in [6.07, 6.45) is -4.77. The highest BCUT2D eigenvalue weighted by Crippen LogP contribution is 2.38. The molecule has 2 N–H and O–H groups in total. The zero-order valence-electron chi connectivity index (χ0n) is 15.5. The molecular weight excluding hydrogens is 435 g/mol. The average Bonchev–Trinajstić information content (AvgIpc) is 2.62. The largest absolute Gasteiger partial charge is 0.573 e. The van der Waals surface area contributed by atoms with E-state index in [2.05, 4.69) is 15.0 Å². The number of benzene rings is 2. The molecule has 1 aliphatic heterocycles. The van der Waals surface area contributed by atoms with Gasteiger partial charge in [-0.1, -0.05) is 18.2 Å². The molecule has 1 fully saturated rings. The van der Waals surface area contributed by atoms with Crippen molar-refractivity contribution in [3.05, 3.63) is 58.9 Å². The number of halogens is 6. The van der Waals surface area contributed by atoms with Crippen LogP contribution < -0.4 is 10.1 Å². The van der Waals surface area contributed by atoms with Crippen LogP contribution in [0.25, 0.3) is 0 Å². The first-order valence-corrected chi connectivity index (χ1v) is 8.54. The van der Waals surface area contributed by atoms with Gasteiger partial charge in [0.05, 0.1) is 6.04 Å². The van der Waals surface area contributed by atoms with Crippen LogP contribution in [-0.4, -0.2) is 42.5 Å². The fourth-order valence-electron chi connectivity index (χ4n) is 3.38. The molecule has 0 aromatic heterocycles. The van der Waals surface area contributed by atoms with Crippen molar-refractivity contribution in [3.8, 4) is 11.5 Å². The average molecular weight is 457 g/mol. The van der Waals surface area contributed by atoms with Crippen molar-refractivity contribution in [2.75, 3.05) is 26.2 Å². The number of rotatable bonds is 4. The third-order valence-electron chi connectivity index (χ3n) is 4.61. The molecule has 2 aromatic rings. The van der Waals surface area contributed by atoms with Crippen molar-refractivity contribution in [2.24, 2.45) is 0 Å². The second-order valence-electron chi connectivity index (χ2n) is 6.43. The molecule has 1 heterocycles. The van der Waals surface area contributed by atoms with Gasteiger partial charge in [0.1, 0.15) is 5.75 Å². The fourth-order valence-corrected chi connectivity index (χ4v) is 3.38. The molecule has 0 spiro atoms. The van der Waals surface area contributed by atoms with Gasteiger partial charge in [0.25, 0.3) is 0 Å². The highest BCUT2D eigenvalue weighted by atomic mass is 35.5. The quantitative estimate of drug-likeness (QED) is 0.661. The van der Waals surface area contributed by atoms with Crippen LogP contribution in [0, 0.1) is 12.7 Å². The summed E-state index contributed by atoms with van der Waals surface area (Å²) in [5.74, 6) is -1.49. The summed E-state index contributed by atoms with van der Waals surface area (Å²) in [6.45, 7) is 4.52. The van der Waals surface area contributed by atoms with E-state index in [-0.39, 0.29) is 30.6 Å². The normalized spacial score (nSPS) is 15.8. The molecule has 4 nitrogen and oxygen atoms in total. The van der Waals surface area contributed by atoms with E-state index in [9.17, 15) is 22.7 Å². The number of nitrogens with zero attached hydrogens (tertiary/aromatic N) is 1. The molecule has 3 rings (SSSR count). The lowest BCUT2D eigenvalue weighted by Crippen LogP contribution is -2.45.